The van der Waals surface area contributed by atoms with Gasteiger partial charge in [-0.2, -0.15) is 0 Å². The van der Waals surface area contributed by atoms with Gasteiger partial charge in [0, 0.05) is 11.5 Å². The molecule has 0 aliphatic heterocycles. The van der Waals surface area contributed by atoms with Crippen molar-refractivity contribution < 1.29 is 0 Å². The molecule has 4 nitrogen and oxygen atoms in total. The molecule has 0 spiro atoms. The Morgan fingerprint density at radius 1 is 0.529 bits per heavy atom. The molecule has 0 atom stereocenters. The zero-order valence-corrected chi connectivity index (χ0v) is 20.8. The van der Waals surface area contributed by atoms with Crippen molar-refractivity contribution in [2.75, 3.05) is 11.5 Å². The van der Waals surface area contributed by atoms with E-state index >= 15 is 0 Å². The van der Waals surface area contributed by atoms with Crippen LogP contribution in [0.2, 0.25) is 0 Å². The third kappa shape index (κ3) is 7.27. The first kappa shape index (κ1) is 24.2. The van der Waals surface area contributed by atoms with Gasteiger partial charge in [0.1, 0.15) is 0 Å². The Balaban J connectivity index is 1.11. The SMILES string of the molecule is NC(=Nc1ccc2ccccc2c1)SCCCCCCSC(N)=Nc1ccc2ccccc2c1. The molecule has 4 rings (SSSR count). The number of thioether (sulfide) groups is 2. The van der Waals surface area contributed by atoms with Crippen LogP contribution in [-0.2, 0) is 0 Å². The summed E-state index contributed by atoms with van der Waals surface area (Å²) in [5.41, 5.74) is 14.1. The summed E-state index contributed by atoms with van der Waals surface area (Å²) in [5.74, 6) is 1.98. The number of unbranched alkanes of at least 4 members (excludes halogenated alkanes) is 3. The smallest absolute Gasteiger partial charge is 0.159 e. The molecule has 0 heterocycles. The Bertz CT molecular complexity index is 1200. The normalized spacial score (nSPS) is 12.5. The number of amidine groups is 2. The highest BCUT2D eigenvalue weighted by Gasteiger charge is 2.00. The third-order valence-corrected chi connectivity index (χ3v) is 7.24. The van der Waals surface area contributed by atoms with E-state index in [1.54, 1.807) is 23.5 Å². The van der Waals surface area contributed by atoms with Gasteiger partial charge in [-0.25, -0.2) is 9.98 Å². The fourth-order valence-electron chi connectivity index (χ4n) is 3.72. The molecule has 0 saturated heterocycles. The summed E-state index contributed by atoms with van der Waals surface area (Å²) in [5, 5.41) is 6.05. The van der Waals surface area contributed by atoms with Crippen molar-refractivity contribution in [1.82, 2.24) is 0 Å². The zero-order valence-electron chi connectivity index (χ0n) is 19.2. The monoisotopic (exact) mass is 486 g/mol. The lowest BCUT2D eigenvalue weighted by atomic mass is 10.1. The molecular formula is C28H30N4S2. The highest BCUT2D eigenvalue weighted by atomic mass is 32.2. The quantitative estimate of drug-likeness (QED) is 0.145. The second-order valence-electron chi connectivity index (χ2n) is 8.07. The van der Waals surface area contributed by atoms with Crippen LogP contribution in [0.5, 0.6) is 0 Å². The van der Waals surface area contributed by atoms with Gasteiger partial charge in [-0.15, -0.1) is 0 Å². The first-order valence-electron chi connectivity index (χ1n) is 11.6. The summed E-state index contributed by atoms with van der Waals surface area (Å²) < 4.78 is 0. The minimum absolute atomic E-state index is 0.628. The molecule has 4 aromatic rings. The molecule has 0 aromatic heterocycles. The molecule has 0 radical (unpaired) electrons. The lowest BCUT2D eigenvalue weighted by molar-refractivity contribution is 0.712. The highest BCUT2D eigenvalue weighted by molar-refractivity contribution is 8.14. The molecule has 4 aromatic carbocycles. The minimum Gasteiger partial charge on any atom is -0.378 e. The van der Waals surface area contributed by atoms with Crippen LogP contribution >= 0.6 is 23.5 Å². The molecule has 0 amide bonds. The number of nitrogens with zero attached hydrogens (tertiary/aromatic N) is 2. The van der Waals surface area contributed by atoms with Crippen molar-refractivity contribution in [3.63, 3.8) is 0 Å². The largest absolute Gasteiger partial charge is 0.378 e. The molecule has 0 saturated carbocycles. The predicted molar refractivity (Wildman–Crippen MR) is 154 cm³/mol. The first-order valence-corrected chi connectivity index (χ1v) is 13.6. The summed E-state index contributed by atoms with van der Waals surface area (Å²) in [6, 6.07) is 28.9. The molecule has 0 bridgehead atoms. The number of rotatable bonds is 9. The van der Waals surface area contributed by atoms with Gasteiger partial charge in [-0.3, -0.25) is 0 Å². The van der Waals surface area contributed by atoms with E-state index in [9.17, 15) is 0 Å². The van der Waals surface area contributed by atoms with E-state index in [1.165, 1.54) is 34.4 Å². The van der Waals surface area contributed by atoms with Crippen LogP contribution in [-0.4, -0.2) is 21.8 Å². The van der Waals surface area contributed by atoms with Gasteiger partial charge in [0.15, 0.2) is 10.3 Å². The highest BCUT2D eigenvalue weighted by Crippen LogP contribution is 2.23. The van der Waals surface area contributed by atoms with Crippen LogP contribution in [0.25, 0.3) is 21.5 Å². The summed E-state index contributed by atoms with van der Waals surface area (Å²) >= 11 is 3.26. The molecule has 0 aliphatic carbocycles. The van der Waals surface area contributed by atoms with Crippen LogP contribution in [0.15, 0.2) is 94.9 Å². The Morgan fingerprint density at radius 3 is 1.38 bits per heavy atom. The van der Waals surface area contributed by atoms with Gasteiger partial charge < -0.3 is 11.5 Å². The Morgan fingerprint density at radius 2 is 0.941 bits per heavy atom. The van der Waals surface area contributed by atoms with Gasteiger partial charge in [-0.1, -0.05) is 97.0 Å². The fourth-order valence-corrected chi connectivity index (χ4v) is 5.18. The van der Waals surface area contributed by atoms with E-state index in [0.29, 0.717) is 10.3 Å². The molecule has 0 aliphatic rings. The van der Waals surface area contributed by atoms with E-state index in [1.807, 2.05) is 36.4 Å². The number of hydrogen-bond acceptors (Lipinski definition) is 4. The molecule has 6 heteroatoms. The standard InChI is InChI=1S/C28H30N4S2/c29-27(31-25-15-13-21-9-3-5-11-23(21)19-25)33-17-7-1-2-8-18-34-28(30)32-26-16-14-22-10-4-6-12-24(22)20-26/h3-6,9-16,19-20H,1-2,7-8,17-18H2,(H2,29,31)(H2,30,32). The summed E-state index contributed by atoms with van der Waals surface area (Å²) in [7, 11) is 0. The summed E-state index contributed by atoms with van der Waals surface area (Å²) in [6.07, 6.45) is 4.62. The van der Waals surface area contributed by atoms with Crippen molar-refractivity contribution in [1.29, 1.82) is 0 Å². The van der Waals surface area contributed by atoms with E-state index in [-0.39, 0.29) is 0 Å². The van der Waals surface area contributed by atoms with Gasteiger partial charge in [-0.05, 0) is 58.7 Å². The lowest BCUT2D eigenvalue weighted by Crippen LogP contribution is -2.07. The van der Waals surface area contributed by atoms with Crippen LogP contribution in [0.1, 0.15) is 25.7 Å². The van der Waals surface area contributed by atoms with Gasteiger partial charge in [0.2, 0.25) is 0 Å². The van der Waals surface area contributed by atoms with Gasteiger partial charge in [0.25, 0.3) is 0 Å². The third-order valence-electron chi connectivity index (χ3n) is 5.48. The topological polar surface area (TPSA) is 76.8 Å². The maximum atomic E-state index is 6.12. The molecular weight excluding hydrogens is 456 g/mol. The fraction of sp³-hybridized carbons (Fsp3) is 0.214. The molecule has 0 fully saturated rings. The van der Waals surface area contributed by atoms with Crippen LogP contribution in [0, 0.1) is 0 Å². The number of aliphatic imine (C=N–C) groups is 2. The number of benzene rings is 4. The average Bonchev–Trinajstić information content (AvgIpc) is 2.85. The maximum absolute atomic E-state index is 6.12. The van der Waals surface area contributed by atoms with Crippen molar-refractivity contribution in [3.05, 3.63) is 84.9 Å². The number of fused-ring (bicyclic) bond motifs is 2. The Kier molecular flexibility index (Phi) is 8.88. The molecule has 34 heavy (non-hydrogen) atoms. The first-order chi connectivity index (χ1) is 16.7. The van der Waals surface area contributed by atoms with E-state index < -0.39 is 0 Å². The second kappa shape index (κ2) is 12.5. The molecule has 0 unspecified atom stereocenters. The summed E-state index contributed by atoms with van der Waals surface area (Å²) in [6.45, 7) is 0. The second-order valence-corrected chi connectivity index (χ2v) is 10.3. The lowest BCUT2D eigenvalue weighted by Gasteiger charge is -2.04. The van der Waals surface area contributed by atoms with Crippen molar-refractivity contribution in [3.8, 4) is 0 Å². The van der Waals surface area contributed by atoms with E-state index in [2.05, 4.69) is 58.5 Å². The minimum atomic E-state index is 0.628. The van der Waals surface area contributed by atoms with Crippen LogP contribution in [0.3, 0.4) is 0 Å². The van der Waals surface area contributed by atoms with Crippen LogP contribution in [0.4, 0.5) is 11.4 Å². The van der Waals surface area contributed by atoms with Gasteiger partial charge >= 0.3 is 0 Å². The predicted octanol–water partition coefficient (Wildman–Crippen LogP) is 7.61. The molecule has 4 N–H and O–H groups in total. The average molecular weight is 487 g/mol. The Hall–Kier alpha value is -2.96. The van der Waals surface area contributed by atoms with Crippen LogP contribution < -0.4 is 11.5 Å². The van der Waals surface area contributed by atoms with Crippen molar-refractivity contribution in [2.24, 2.45) is 21.5 Å². The van der Waals surface area contributed by atoms with E-state index in [4.69, 9.17) is 11.5 Å². The Labute approximate surface area is 209 Å². The number of hydrogen-bond donors (Lipinski definition) is 2. The van der Waals surface area contributed by atoms with Crippen molar-refractivity contribution in [2.45, 2.75) is 25.7 Å². The zero-order chi connectivity index (χ0) is 23.6. The van der Waals surface area contributed by atoms with Gasteiger partial charge in [0.05, 0.1) is 11.4 Å². The van der Waals surface area contributed by atoms with Crippen molar-refractivity contribution >= 4 is 66.8 Å². The molecule has 174 valence electrons. The maximum Gasteiger partial charge on any atom is 0.159 e. The number of nitrogens with two attached hydrogens (primary N) is 2. The van der Waals surface area contributed by atoms with E-state index in [0.717, 1.165) is 35.7 Å². The summed E-state index contributed by atoms with van der Waals surface area (Å²) in [4.78, 5) is 9.11.